The predicted octanol–water partition coefficient (Wildman–Crippen LogP) is 5.53. The zero-order chi connectivity index (χ0) is 43.0. The molecule has 19 heteroatoms. The van der Waals surface area contributed by atoms with E-state index in [4.69, 9.17) is 26.4 Å². The summed E-state index contributed by atoms with van der Waals surface area (Å²) in [6.45, 7) is 5.16. The Morgan fingerprint density at radius 1 is 0.935 bits per heavy atom. The Hall–Kier alpha value is -5.62. The highest BCUT2D eigenvalue weighted by molar-refractivity contribution is 6.33. The van der Waals surface area contributed by atoms with Crippen LogP contribution >= 0.6 is 11.6 Å². The summed E-state index contributed by atoms with van der Waals surface area (Å²) in [7, 11) is 3.34. The van der Waals surface area contributed by atoms with Crippen LogP contribution in [0.3, 0.4) is 0 Å². The van der Waals surface area contributed by atoms with Crippen molar-refractivity contribution in [3.05, 3.63) is 63.4 Å². The lowest BCUT2D eigenvalue weighted by Gasteiger charge is -2.39. The van der Waals surface area contributed by atoms with Gasteiger partial charge in [0.2, 0.25) is 23.5 Å². The molecule has 3 aromatic heterocycles. The fraction of sp³-hybridized carbons (Fsp3) is 0.488. The van der Waals surface area contributed by atoms with Crippen molar-refractivity contribution in [3.63, 3.8) is 0 Å². The van der Waals surface area contributed by atoms with E-state index in [1.165, 1.54) is 29.9 Å². The molecule has 2 atom stereocenters. The Labute approximate surface area is 359 Å². The molecular formula is C43H47ClF3N11O4. The summed E-state index contributed by atoms with van der Waals surface area (Å²) in [5.74, 6) is -4.19. The van der Waals surface area contributed by atoms with E-state index < -0.39 is 35.9 Å². The van der Waals surface area contributed by atoms with Crippen LogP contribution in [0, 0.1) is 17.7 Å². The molecule has 1 unspecified atom stereocenters. The first-order chi connectivity index (χ1) is 29.8. The second kappa shape index (κ2) is 15.6. The first kappa shape index (κ1) is 40.5. The molecule has 1 aliphatic carbocycles. The number of rotatable bonds is 8. The molecule has 7 heterocycles. The van der Waals surface area contributed by atoms with Crippen LogP contribution in [0.2, 0.25) is 5.02 Å². The van der Waals surface area contributed by atoms with Crippen LogP contribution in [0.25, 0.3) is 21.8 Å². The zero-order valence-corrected chi connectivity index (χ0v) is 35.2. The number of aryl methyl sites for hydroxylation is 2. The highest BCUT2D eigenvalue weighted by Crippen LogP contribution is 2.46. The van der Waals surface area contributed by atoms with Gasteiger partial charge in [-0.25, -0.2) is 18.2 Å². The molecule has 2 amide bonds. The van der Waals surface area contributed by atoms with Gasteiger partial charge in [0.05, 0.1) is 46.3 Å². The number of fused-ring (bicyclic) bond motifs is 4. The standard InChI is InChI=1S/C43H47ClF3N11O4/c1-54-32-19-30(45)31(18-28(32)36-37(41(54)61)62-22-43(46,47)38(51-36)24-3-4-24)49-39-29(44)20-48-42(52-39)58-11-9-23(10-12-58)21-56-13-15-57(16-14-56)25-5-6-26-33(17-25)55(2)53-35(26)27-7-8-34(59)50-40(27)60/h5-6,17-20,23-24,27,38,51H,3-4,7-16,21-22H2,1-2H3,(H,48,49,52)(H,50,59,60)/t27?,38-/m0/s1. The van der Waals surface area contributed by atoms with Gasteiger partial charge in [-0.3, -0.25) is 29.3 Å². The number of carbonyl (C=O) groups excluding carboxylic acids is 2. The number of amides is 2. The molecular weight excluding hydrogens is 827 g/mol. The van der Waals surface area contributed by atoms with Gasteiger partial charge < -0.3 is 29.7 Å². The van der Waals surface area contributed by atoms with Crippen molar-refractivity contribution >= 4 is 74.0 Å². The van der Waals surface area contributed by atoms with Gasteiger partial charge in [0, 0.05) is 88.9 Å². The summed E-state index contributed by atoms with van der Waals surface area (Å²) >= 11 is 6.56. The smallest absolute Gasteiger partial charge is 0.301 e. The molecule has 2 aromatic carbocycles. The first-order valence-corrected chi connectivity index (χ1v) is 21.6. The molecule has 5 aliphatic rings. The van der Waals surface area contributed by atoms with E-state index >= 15 is 13.2 Å². The molecule has 15 nitrogen and oxygen atoms in total. The number of piperidine rings is 2. The minimum absolute atomic E-state index is 0.000858. The number of aromatic nitrogens is 5. The Bertz CT molecular complexity index is 2670. The van der Waals surface area contributed by atoms with Crippen molar-refractivity contribution in [2.75, 3.05) is 72.9 Å². The average molecular weight is 874 g/mol. The summed E-state index contributed by atoms with van der Waals surface area (Å²) < 4.78 is 54.6. The predicted molar refractivity (Wildman–Crippen MR) is 229 cm³/mol. The third-order valence-electron chi connectivity index (χ3n) is 13.3. The number of halogens is 4. The summed E-state index contributed by atoms with van der Waals surface area (Å²) in [6.07, 6.45) is 5.42. The first-order valence-electron chi connectivity index (χ1n) is 21.3. The van der Waals surface area contributed by atoms with Gasteiger partial charge in [-0.1, -0.05) is 11.6 Å². The van der Waals surface area contributed by atoms with Crippen LogP contribution in [-0.4, -0.2) is 105 Å². The number of nitrogens with zero attached hydrogens (tertiary/aromatic N) is 8. The van der Waals surface area contributed by atoms with E-state index in [2.05, 4.69) is 47.8 Å². The van der Waals surface area contributed by atoms with Crippen molar-refractivity contribution in [3.8, 4) is 5.75 Å². The Morgan fingerprint density at radius 3 is 2.45 bits per heavy atom. The number of pyridine rings is 1. The van der Waals surface area contributed by atoms with Crippen LogP contribution in [0.15, 0.2) is 41.3 Å². The highest BCUT2D eigenvalue weighted by Gasteiger charge is 2.51. The van der Waals surface area contributed by atoms with Gasteiger partial charge in [0.15, 0.2) is 12.4 Å². The van der Waals surface area contributed by atoms with Gasteiger partial charge >= 0.3 is 5.92 Å². The molecule has 62 heavy (non-hydrogen) atoms. The lowest BCUT2D eigenvalue weighted by atomic mass is 9.93. The maximum absolute atomic E-state index is 15.8. The number of alkyl halides is 2. The fourth-order valence-corrected chi connectivity index (χ4v) is 9.73. The van der Waals surface area contributed by atoms with E-state index in [9.17, 15) is 14.4 Å². The molecule has 5 aromatic rings. The number of nitrogens with one attached hydrogen (secondary N) is 3. The van der Waals surface area contributed by atoms with Crippen molar-refractivity contribution in [1.29, 1.82) is 0 Å². The van der Waals surface area contributed by atoms with Gasteiger partial charge in [0.1, 0.15) is 10.8 Å². The number of anilines is 5. The quantitative estimate of drug-likeness (QED) is 0.168. The lowest BCUT2D eigenvalue weighted by molar-refractivity contribution is -0.134. The lowest BCUT2D eigenvalue weighted by Crippen LogP contribution is -2.49. The van der Waals surface area contributed by atoms with Crippen LogP contribution in [0.5, 0.6) is 5.75 Å². The van der Waals surface area contributed by atoms with Crippen LogP contribution in [-0.2, 0) is 23.7 Å². The molecule has 10 rings (SSSR count). The second-order valence-electron chi connectivity index (χ2n) is 17.4. The monoisotopic (exact) mass is 873 g/mol. The SMILES string of the molecule is Cn1nc(C2CCC(=O)NC2=O)c2ccc(N3CCN(CC4CCN(c5ncc(Cl)c(Nc6cc7c8c(c(=O)n(C)c7cc6F)OCC(F)(F)[C@H](C6CC6)N8)n5)CC4)CC3)cc21. The van der Waals surface area contributed by atoms with Crippen molar-refractivity contribution in [2.45, 2.75) is 56.4 Å². The van der Waals surface area contributed by atoms with Gasteiger partial charge in [-0.05, 0) is 68.2 Å². The number of hydrogen-bond donors (Lipinski definition) is 3. The number of benzene rings is 2. The van der Waals surface area contributed by atoms with Gasteiger partial charge in [-0.2, -0.15) is 10.1 Å². The molecule has 0 spiro atoms. The van der Waals surface area contributed by atoms with E-state index in [0.717, 1.165) is 75.2 Å². The molecule has 326 valence electrons. The molecule has 0 radical (unpaired) electrons. The highest BCUT2D eigenvalue weighted by atomic mass is 35.5. The van der Waals surface area contributed by atoms with Crippen LogP contribution in [0.4, 0.5) is 42.0 Å². The van der Waals surface area contributed by atoms with Crippen molar-refractivity contribution in [2.24, 2.45) is 25.9 Å². The Balaban J connectivity index is 0.774. The maximum atomic E-state index is 15.8. The third kappa shape index (κ3) is 7.43. The van der Waals surface area contributed by atoms with Crippen molar-refractivity contribution in [1.82, 2.24) is 34.5 Å². The molecule has 4 aliphatic heterocycles. The summed E-state index contributed by atoms with van der Waals surface area (Å²) in [4.78, 5) is 53.7. The molecule has 3 N–H and O–H groups in total. The van der Waals surface area contributed by atoms with E-state index in [1.807, 2.05) is 17.8 Å². The van der Waals surface area contributed by atoms with Gasteiger partial charge in [0.25, 0.3) is 5.56 Å². The Kier molecular flexibility index (Phi) is 10.2. The maximum Gasteiger partial charge on any atom is 0.301 e. The van der Waals surface area contributed by atoms with Crippen molar-refractivity contribution < 1.29 is 27.5 Å². The van der Waals surface area contributed by atoms with E-state index in [0.29, 0.717) is 48.6 Å². The fourth-order valence-electron chi connectivity index (χ4n) is 9.59. The number of carbonyl (C=O) groups is 2. The van der Waals surface area contributed by atoms with Gasteiger partial charge in [-0.15, -0.1) is 0 Å². The normalized spacial score (nSPS) is 22.3. The number of piperazine rings is 1. The van der Waals surface area contributed by atoms with Crippen LogP contribution in [0.1, 0.15) is 50.1 Å². The zero-order valence-electron chi connectivity index (χ0n) is 34.4. The second-order valence-corrected chi connectivity index (χ2v) is 17.8. The number of ether oxygens (including phenoxy) is 1. The minimum Gasteiger partial charge on any atom is -0.480 e. The summed E-state index contributed by atoms with van der Waals surface area (Å²) in [5.41, 5.74) is 2.49. The number of imide groups is 1. The van der Waals surface area contributed by atoms with Crippen LogP contribution < -0.4 is 36.0 Å². The Morgan fingerprint density at radius 2 is 1.71 bits per heavy atom. The molecule has 4 fully saturated rings. The minimum atomic E-state index is -3.21. The topological polar surface area (TPSA) is 155 Å². The number of hydrogen-bond acceptors (Lipinski definition) is 12. The molecule has 3 saturated heterocycles. The van der Waals surface area contributed by atoms with E-state index in [1.54, 1.807) is 0 Å². The average Bonchev–Trinajstić information content (AvgIpc) is 4.06. The summed E-state index contributed by atoms with van der Waals surface area (Å²) in [5, 5.41) is 14.5. The molecule has 1 saturated carbocycles. The molecule has 0 bridgehead atoms. The summed E-state index contributed by atoms with van der Waals surface area (Å²) in [6, 6.07) is 7.73. The third-order valence-corrected chi connectivity index (χ3v) is 13.5. The van der Waals surface area contributed by atoms with E-state index in [-0.39, 0.29) is 51.2 Å². The largest absolute Gasteiger partial charge is 0.480 e.